The van der Waals surface area contributed by atoms with Crippen LogP contribution in [0.25, 0.3) is 0 Å². The van der Waals surface area contributed by atoms with E-state index < -0.39 is 17.6 Å². The molecule has 166 valence electrons. The summed E-state index contributed by atoms with van der Waals surface area (Å²) in [6.45, 7) is 3.71. The molecule has 0 radical (unpaired) electrons. The van der Waals surface area contributed by atoms with Crippen molar-refractivity contribution in [1.82, 2.24) is 0 Å². The van der Waals surface area contributed by atoms with E-state index in [2.05, 4.69) is 6.58 Å². The molecular weight excluding hydrogens is 382 g/mol. The van der Waals surface area contributed by atoms with E-state index in [0.717, 1.165) is 55.9 Å². The highest BCUT2D eigenvalue weighted by Crippen LogP contribution is 2.39. The molecule has 0 aliphatic heterocycles. The number of hydrogen-bond acceptors (Lipinski definition) is 1. The van der Waals surface area contributed by atoms with Gasteiger partial charge in [-0.05, 0) is 67.1 Å². The van der Waals surface area contributed by atoms with Crippen LogP contribution in [0.4, 0.5) is 8.78 Å². The van der Waals surface area contributed by atoms with E-state index in [9.17, 15) is 18.7 Å². The molecule has 0 spiro atoms. The summed E-state index contributed by atoms with van der Waals surface area (Å²) in [5.41, 5.74) is 0.896. The quantitative estimate of drug-likeness (QED) is 0.431. The maximum absolute atomic E-state index is 13.3. The Morgan fingerprint density at radius 1 is 0.933 bits per heavy atom. The number of aliphatic carboxylic acids is 1. The van der Waals surface area contributed by atoms with Gasteiger partial charge in [0.15, 0.2) is 11.6 Å². The lowest BCUT2D eigenvalue weighted by molar-refractivity contribution is -0.142. The number of carboxylic acids is 1. The summed E-state index contributed by atoms with van der Waals surface area (Å²) in [6.07, 6.45) is 15.5. The van der Waals surface area contributed by atoms with Crippen molar-refractivity contribution in [2.45, 2.75) is 77.0 Å². The van der Waals surface area contributed by atoms with Crippen molar-refractivity contribution in [2.75, 3.05) is 0 Å². The predicted octanol–water partition coefficient (Wildman–Crippen LogP) is 7.18. The molecular formula is C26H36F2O2. The standard InChI is InChI=1S/C26H36F2O2/c1-2-23(26(29)30)22-14-11-20(12-15-22)8-7-18-3-5-19(6-4-18)9-10-21-13-16-24(27)25(28)17-21/h2,13,16-20,22-23H,1,3-12,14-15H2,(H,29,30)/t18-,19-,20?,22?,23?. The van der Waals surface area contributed by atoms with Crippen molar-refractivity contribution < 1.29 is 18.7 Å². The van der Waals surface area contributed by atoms with Gasteiger partial charge in [0.05, 0.1) is 5.92 Å². The van der Waals surface area contributed by atoms with E-state index >= 15 is 0 Å². The average Bonchev–Trinajstić information content (AvgIpc) is 2.75. The van der Waals surface area contributed by atoms with Gasteiger partial charge in [0.1, 0.15) is 0 Å². The number of rotatable bonds is 9. The molecule has 2 aliphatic carbocycles. The van der Waals surface area contributed by atoms with Gasteiger partial charge in [-0.25, -0.2) is 8.78 Å². The molecule has 1 unspecified atom stereocenters. The summed E-state index contributed by atoms with van der Waals surface area (Å²) in [5.74, 6) is -0.0718. The van der Waals surface area contributed by atoms with Crippen LogP contribution in [0.15, 0.2) is 30.9 Å². The lowest BCUT2D eigenvalue weighted by Gasteiger charge is -2.33. The summed E-state index contributed by atoms with van der Waals surface area (Å²) < 4.78 is 26.4. The van der Waals surface area contributed by atoms with E-state index in [1.807, 2.05) is 0 Å². The lowest BCUT2D eigenvalue weighted by atomic mass is 9.72. The fraction of sp³-hybridized carbons (Fsp3) is 0.654. The predicted molar refractivity (Wildman–Crippen MR) is 116 cm³/mol. The normalized spacial score (nSPS) is 28.1. The van der Waals surface area contributed by atoms with Crippen LogP contribution in [0.5, 0.6) is 0 Å². The summed E-state index contributed by atoms with van der Waals surface area (Å²) in [7, 11) is 0. The van der Waals surface area contributed by atoms with Gasteiger partial charge in [0, 0.05) is 0 Å². The van der Waals surface area contributed by atoms with Crippen LogP contribution in [0.3, 0.4) is 0 Å². The first kappa shape index (κ1) is 23.0. The van der Waals surface area contributed by atoms with Crippen LogP contribution < -0.4 is 0 Å². The summed E-state index contributed by atoms with van der Waals surface area (Å²) >= 11 is 0. The first-order chi connectivity index (χ1) is 14.5. The Labute approximate surface area is 179 Å². The van der Waals surface area contributed by atoms with Gasteiger partial charge >= 0.3 is 5.97 Å². The van der Waals surface area contributed by atoms with E-state index in [4.69, 9.17) is 0 Å². The van der Waals surface area contributed by atoms with Crippen molar-refractivity contribution in [1.29, 1.82) is 0 Å². The third-order valence-electron chi connectivity index (χ3n) is 7.71. The molecule has 1 atom stereocenters. The molecule has 2 fully saturated rings. The molecule has 1 aromatic rings. The molecule has 0 saturated heterocycles. The summed E-state index contributed by atoms with van der Waals surface area (Å²) in [6, 6.07) is 4.27. The second kappa shape index (κ2) is 11.1. The number of benzene rings is 1. The number of aryl methyl sites for hydroxylation is 1. The Kier molecular flexibility index (Phi) is 8.47. The van der Waals surface area contributed by atoms with E-state index in [-0.39, 0.29) is 11.8 Å². The Morgan fingerprint density at radius 2 is 1.47 bits per heavy atom. The van der Waals surface area contributed by atoms with Gasteiger partial charge in [-0.15, -0.1) is 6.58 Å². The molecule has 0 heterocycles. The SMILES string of the molecule is C=CC(C(=O)O)C1CCC(CC[C@H]2CC[C@H](CCc3ccc(F)c(F)c3)CC2)CC1. The highest BCUT2D eigenvalue weighted by molar-refractivity contribution is 5.72. The minimum atomic E-state index is -0.768. The third-order valence-corrected chi connectivity index (χ3v) is 7.71. The van der Waals surface area contributed by atoms with E-state index in [1.54, 1.807) is 12.1 Å². The highest BCUT2D eigenvalue weighted by Gasteiger charge is 2.30. The lowest BCUT2D eigenvalue weighted by Crippen LogP contribution is -2.26. The first-order valence-electron chi connectivity index (χ1n) is 11.8. The van der Waals surface area contributed by atoms with Gasteiger partial charge in [-0.3, -0.25) is 4.79 Å². The third kappa shape index (κ3) is 6.39. The van der Waals surface area contributed by atoms with Crippen LogP contribution in [0, 0.1) is 41.2 Å². The van der Waals surface area contributed by atoms with Gasteiger partial charge in [-0.2, -0.15) is 0 Å². The molecule has 2 aliphatic rings. The van der Waals surface area contributed by atoms with E-state index in [1.165, 1.54) is 50.7 Å². The fourth-order valence-corrected chi connectivity index (χ4v) is 5.68. The van der Waals surface area contributed by atoms with Gasteiger partial charge in [0.2, 0.25) is 0 Å². The van der Waals surface area contributed by atoms with Crippen LogP contribution in [-0.4, -0.2) is 11.1 Å². The fourth-order valence-electron chi connectivity index (χ4n) is 5.68. The van der Waals surface area contributed by atoms with Crippen LogP contribution in [0.1, 0.15) is 76.2 Å². The second-order valence-electron chi connectivity index (χ2n) is 9.63. The van der Waals surface area contributed by atoms with Gasteiger partial charge < -0.3 is 5.11 Å². The maximum atomic E-state index is 13.3. The molecule has 0 aromatic heterocycles. The molecule has 4 heteroatoms. The Morgan fingerprint density at radius 3 is 1.97 bits per heavy atom. The molecule has 3 rings (SSSR count). The molecule has 1 aromatic carbocycles. The molecule has 2 nitrogen and oxygen atoms in total. The minimum absolute atomic E-state index is 0.265. The zero-order valence-electron chi connectivity index (χ0n) is 18.0. The number of hydrogen-bond donors (Lipinski definition) is 1. The van der Waals surface area contributed by atoms with Crippen molar-refractivity contribution in [2.24, 2.45) is 29.6 Å². The zero-order chi connectivity index (χ0) is 21.5. The van der Waals surface area contributed by atoms with Gasteiger partial charge in [-0.1, -0.05) is 63.5 Å². The number of carboxylic acid groups (broad SMARTS) is 1. The smallest absolute Gasteiger partial charge is 0.310 e. The molecule has 0 bridgehead atoms. The van der Waals surface area contributed by atoms with Crippen molar-refractivity contribution in [3.05, 3.63) is 48.1 Å². The zero-order valence-corrected chi connectivity index (χ0v) is 18.0. The molecule has 0 amide bonds. The number of halogens is 2. The number of carbonyl (C=O) groups is 1. The van der Waals surface area contributed by atoms with E-state index in [0.29, 0.717) is 5.92 Å². The second-order valence-corrected chi connectivity index (χ2v) is 9.63. The van der Waals surface area contributed by atoms with Crippen LogP contribution >= 0.6 is 0 Å². The van der Waals surface area contributed by atoms with Gasteiger partial charge in [0.25, 0.3) is 0 Å². The van der Waals surface area contributed by atoms with Crippen LogP contribution in [-0.2, 0) is 11.2 Å². The first-order valence-corrected chi connectivity index (χ1v) is 11.8. The Hall–Kier alpha value is -1.71. The monoisotopic (exact) mass is 418 g/mol. The van der Waals surface area contributed by atoms with Crippen molar-refractivity contribution >= 4 is 5.97 Å². The molecule has 1 N–H and O–H groups in total. The summed E-state index contributed by atoms with van der Waals surface area (Å²) in [4.78, 5) is 11.3. The largest absolute Gasteiger partial charge is 0.481 e. The minimum Gasteiger partial charge on any atom is -0.481 e. The van der Waals surface area contributed by atoms with Crippen LogP contribution in [0.2, 0.25) is 0 Å². The topological polar surface area (TPSA) is 37.3 Å². The average molecular weight is 419 g/mol. The summed E-state index contributed by atoms with van der Waals surface area (Å²) in [5, 5.41) is 9.31. The molecule has 30 heavy (non-hydrogen) atoms. The van der Waals surface area contributed by atoms with Crippen molar-refractivity contribution in [3.63, 3.8) is 0 Å². The van der Waals surface area contributed by atoms with Crippen molar-refractivity contribution in [3.8, 4) is 0 Å². The Bertz CT molecular complexity index is 701. The Balaban J connectivity index is 1.31. The maximum Gasteiger partial charge on any atom is 0.310 e. The molecule has 2 saturated carbocycles. The highest BCUT2D eigenvalue weighted by atomic mass is 19.2.